The van der Waals surface area contributed by atoms with Gasteiger partial charge in [0.2, 0.25) is 0 Å². The third kappa shape index (κ3) is 7.25. The van der Waals surface area contributed by atoms with Crippen LogP contribution < -0.4 is 0 Å². The molecule has 2 aromatic rings. The predicted molar refractivity (Wildman–Crippen MR) is 120 cm³/mol. The van der Waals surface area contributed by atoms with Crippen molar-refractivity contribution in [3.05, 3.63) is 69.8 Å². The highest BCUT2D eigenvalue weighted by Crippen LogP contribution is 2.37. The molecule has 0 aromatic heterocycles. The standard InChI is InChI=1S/C24H25ClF3NO4/c1-4-15(3)14-33-23(32)29(5-2)13-17-12-18(24(26,27)28)7-8-19(17)20-10-16(11-22(30)31)6-9-21(20)25/h4,6-10,12H,5,11,13-14H2,1-3H3,(H,30,31)/b15-4+. The highest BCUT2D eigenvalue weighted by Gasteiger charge is 2.31. The van der Waals surface area contributed by atoms with Gasteiger partial charge in [-0.25, -0.2) is 4.79 Å². The van der Waals surface area contributed by atoms with Crippen molar-refractivity contribution in [2.24, 2.45) is 0 Å². The van der Waals surface area contributed by atoms with Crippen LogP contribution in [0.15, 0.2) is 48.0 Å². The Hall–Kier alpha value is -3.00. The van der Waals surface area contributed by atoms with E-state index in [1.807, 2.05) is 0 Å². The first-order chi connectivity index (χ1) is 15.5. The Kier molecular flexibility index (Phi) is 8.93. The molecular weight excluding hydrogens is 459 g/mol. The lowest BCUT2D eigenvalue weighted by atomic mass is 9.95. The van der Waals surface area contributed by atoms with E-state index in [4.69, 9.17) is 21.4 Å². The van der Waals surface area contributed by atoms with Crippen molar-refractivity contribution in [2.75, 3.05) is 13.2 Å². The lowest BCUT2D eigenvalue weighted by Crippen LogP contribution is -2.31. The summed E-state index contributed by atoms with van der Waals surface area (Å²) in [6, 6.07) is 7.77. The average molecular weight is 484 g/mol. The number of hydrogen-bond donors (Lipinski definition) is 1. The molecule has 0 atom stereocenters. The van der Waals surface area contributed by atoms with E-state index in [0.29, 0.717) is 16.7 Å². The minimum atomic E-state index is -4.58. The summed E-state index contributed by atoms with van der Waals surface area (Å²) in [7, 11) is 0. The number of halogens is 4. The molecule has 0 aliphatic carbocycles. The van der Waals surface area contributed by atoms with Crippen LogP contribution in [0.3, 0.4) is 0 Å². The summed E-state index contributed by atoms with van der Waals surface area (Å²) in [6.07, 6.45) is -3.71. The second-order valence-corrected chi connectivity index (χ2v) is 7.87. The minimum Gasteiger partial charge on any atom is -0.481 e. The Bertz CT molecular complexity index is 1050. The molecule has 0 unspecified atom stereocenters. The quantitative estimate of drug-likeness (QED) is 0.431. The molecule has 2 aromatic carbocycles. The van der Waals surface area contributed by atoms with Gasteiger partial charge in [-0.3, -0.25) is 4.79 Å². The Balaban J connectivity index is 2.51. The van der Waals surface area contributed by atoms with E-state index in [2.05, 4.69) is 0 Å². The van der Waals surface area contributed by atoms with Crippen LogP contribution in [0.25, 0.3) is 11.1 Å². The molecule has 0 aliphatic rings. The molecule has 0 saturated heterocycles. The van der Waals surface area contributed by atoms with Gasteiger partial charge in [0.25, 0.3) is 0 Å². The van der Waals surface area contributed by atoms with E-state index < -0.39 is 23.8 Å². The maximum absolute atomic E-state index is 13.4. The van der Waals surface area contributed by atoms with E-state index in [1.54, 1.807) is 32.9 Å². The second-order valence-electron chi connectivity index (χ2n) is 7.46. The maximum Gasteiger partial charge on any atom is 0.416 e. The number of amides is 1. The number of carbonyl (C=O) groups excluding carboxylic acids is 1. The number of aliphatic carboxylic acids is 1. The van der Waals surface area contributed by atoms with Gasteiger partial charge in [0.15, 0.2) is 0 Å². The molecule has 0 saturated carbocycles. The zero-order valence-corrected chi connectivity index (χ0v) is 19.3. The van der Waals surface area contributed by atoms with Crippen molar-refractivity contribution in [1.29, 1.82) is 0 Å². The molecule has 5 nitrogen and oxygen atoms in total. The van der Waals surface area contributed by atoms with Crippen molar-refractivity contribution in [2.45, 2.75) is 39.9 Å². The Morgan fingerprint density at radius 2 is 1.85 bits per heavy atom. The van der Waals surface area contributed by atoms with Crippen molar-refractivity contribution < 1.29 is 32.6 Å². The molecule has 0 bridgehead atoms. The lowest BCUT2D eigenvalue weighted by molar-refractivity contribution is -0.138. The van der Waals surface area contributed by atoms with Gasteiger partial charge >= 0.3 is 18.2 Å². The summed E-state index contributed by atoms with van der Waals surface area (Å²) >= 11 is 6.32. The molecule has 33 heavy (non-hydrogen) atoms. The van der Waals surface area contributed by atoms with Gasteiger partial charge < -0.3 is 14.7 Å². The fourth-order valence-electron chi connectivity index (χ4n) is 3.09. The van der Waals surface area contributed by atoms with Crippen molar-refractivity contribution in [3.8, 4) is 11.1 Å². The number of rotatable bonds is 8. The number of carboxylic acid groups (broad SMARTS) is 1. The third-order valence-electron chi connectivity index (χ3n) is 5.03. The van der Waals surface area contributed by atoms with Crippen LogP contribution in [0.5, 0.6) is 0 Å². The van der Waals surface area contributed by atoms with Gasteiger partial charge in [-0.15, -0.1) is 0 Å². The number of carboxylic acids is 1. The van der Waals surface area contributed by atoms with Gasteiger partial charge in [0, 0.05) is 23.7 Å². The van der Waals surface area contributed by atoms with Gasteiger partial charge in [0.05, 0.1) is 12.0 Å². The SMILES string of the molecule is C/C=C(\C)COC(=O)N(CC)Cc1cc(C(F)(F)F)ccc1-c1cc(CC(=O)O)ccc1Cl. The summed E-state index contributed by atoms with van der Waals surface area (Å²) in [6.45, 7) is 5.42. The smallest absolute Gasteiger partial charge is 0.416 e. The predicted octanol–water partition coefficient (Wildman–Crippen LogP) is 6.58. The highest BCUT2D eigenvalue weighted by molar-refractivity contribution is 6.33. The Morgan fingerprint density at radius 1 is 1.15 bits per heavy atom. The first-order valence-electron chi connectivity index (χ1n) is 10.2. The van der Waals surface area contributed by atoms with Crippen LogP contribution in [-0.4, -0.2) is 35.2 Å². The van der Waals surface area contributed by atoms with Crippen LogP contribution >= 0.6 is 11.6 Å². The van der Waals surface area contributed by atoms with Crippen molar-refractivity contribution in [3.63, 3.8) is 0 Å². The van der Waals surface area contributed by atoms with Crippen LogP contribution in [0.4, 0.5) is 18.0 Å². The van der Waals surface area contributed by atoms with E-state index in [1.165, 1.54) is 23.1 Å². The topological polar surface area (TPSA) is 66.8 Å². The molecule has 1 N–H and O–H groups in total. The fraction of sp³-hybridized carbons (Fsp3) is 0.333. The largest absolute Gasteiger partial charge is 0.481 e. The lowest BCUT2D eigenvalue weighted by Gasteiger charge is -2.23. The van der Waals surface area contributed by atoms with E-state index in [9.17, 15) is 22.8 Å². The van der Waals surface area contributed by atoms with Gasteiger partial charge in [-0.05, 0) is 67.3 Å². The van der Waals surface area contributed by atoms with E-state index >= 15 is 0 Å². The number of nitrogens with zero attached hydrogens (tertiary/aromatic N) is 1. The van der Waals surface area contributed by atoms with Crippen LogP contribution in [0.1, 0.15) is 37.5 Å². The molecule has 0 spiro atoms. The Labute approximate surface area is 195 Å². The molecule has 178 valence electrons. The summed E-state index contributed by atoms with van der Waals surface area (Å²) < 4.78 is 45.5. The van der Waals surface area contributed by atoms with Gasteiger partial charge in [-0.2, -0.15) is 13.2 Å². The summed E-state index contributed by atoms with van der Waals surface area (Å²) in [5.74, 6) is -1.05. The monoisotopic (exact) mass is 483 g/mol. The molecule has 0 heterocycles. The summed E-state index contributed by atoms with van der Waals surface area (Å²) in [4.78, 5) is 24.9. The average Bonchev–Trinajstić information content (AvgIpc) is 2.75. The van der Waals surface area contributed by atoms with Crippen LogP contribution in [0, 0.1) is 0 Å². The number of benzene rings is 2. The molecule has 0 radical (unpaired) electrons. The van der Waals surface area contributed by atoms with E-state index in [-0.39, 0.29) is 36.7 Å². The van der Waals surface area contributed by atoms with Crippen molar-refractivity contribution in [1.82, 2.24) is 4.90 Å². The zero-order valence-electron chi connectivity index (χ0n) is 18.5. The molecule has 1 amide bonds. The third-order valence-corrected chi connectivity index (χ3v) is 5.36. The molecule has 0 aliphatic heterocycles. The van der Waals surface area contributed by atoms with Gasteiger partial charge in [-0.1, -0.05) is 29.8 Å². The highest BCUT2D eigenvalue weighted by atomic mass is 35.5. The molecule has 0 fully saturated rings. The number of hydrogen-bond acceptors (Lipinski definition) is 3. The summed E-state index contributed by atoms with van der Waals surface area (Å²) in [5, 5.41) is 9.33. The fourth-order valence-corrected chi connectivity index (χ4v) is 3.31. The molecule has 9 heteroatoms. The number of allylic oxidation sites excluding steroid dienone is 1. The number of alkyl halides is 3. The zero-order chi connectivity index (χ0) is 24.8. The first-order valence-corrected chi connectivity index (χ1v) is 10.6. The second kappa shape index (κ2) is 11.2. The van der Waals surface area contributed by atoms with E-state index in [0.717, 1.165) is 17.7 Å². The van der Waals surface area contributed by atoms with Crippen LogP contribution in [0.2, 0.25) is 5.02 Å². The molecular formula is C24H25ClF3NO4. The number of carbonyl (C=O) groups is 2. The van der Waals surface area contributed by atoms with Crippen molar-refractivity contribution >= 4 is 23.7 Å². The maximum atomic E-state index is 13.4. The van der Waals surface area contributed by atoms with Gasteiger partial charge in [0.1, 0.15) is 6.61 Å². The Morgan fingerprint density at radius 3 is 2.42 bits per heavy atom. The number of ether oxygens (including phenoxy) is 1. The molecule has 2 rings (SSSR count). The van der Waals surface area contributed by atoms with Crippen LogP contribution in [-0.2, 0) is 28.7 Å². The first kappa shape index (κ1) is 26.3. The summed E-state index contributed by atoms with van der Waals surface area (Å²) in [5.41, 5.74) is 1.38. The minimum absolute atomic E-state index is 0.0738. The normalized spacial score (nSPS) is 11.9.